The van der Waals surface area contributed by atoms with Crippen molar-refractivity contribution in [2.45, 2.75) is 32.3 Å². The van der Waals surface area contributed by atoms with Gasteiger partial charge in [0.25, 0.3) is 5.56 Å². The van der Waals surface area contributed by atoms with Crippen LogP contribution in [0.5, 0.6) is 5.75 Å². The number of fused-ring (bicyclic) bond motifs is 1. The van der Waals surface area contributed by atoms with E-state index in [-0.39, 0.29) is 30.0 Å². The summed E-state index contributed by atoms with van der Waals surface area (Å²) in [5.74, 6) is -1.25. The van der Waals surface area contributed by atoms with Crippen molar-refractivity contribution in [2.75, 3.05) is 6.54 Å². The second-order valence-corrected chi connectivity index (χ2v) is 5.82. The number of rotatable bonds is 4. The highest BCUT2D eigenvalue weighted by Gasteiger charge is 2.35. The van der Waals surface area contributed by atoms with Crippen molar-refractivity contribution in [1.82, 2.24) is 14.9 Å². The summed E-state index contributed by atoms with van der Waals surface area (Å²) in [6.45, 7) is -1.91. The lowest BCUT2D eigenvalue weighted by Crippen LogP contribution is -2.36. The highest BCUT2D eigenvalue weighted by molar-refractivity contribution is 5.28. The minimum absolute atomic E-state index is 0.0352. The first-order chi connectivity index (χ1) is 12.2. The summed E-state index contributed by atoms with van der Waals surface area (Å²) < 4.78 is 66.7. The van der Waals surface area contributed by atoms with Crippen molar-refractivity contribution in [3.8, 4) is 5.75 Å². The van der Waals surface area contributed by atoms with Crippen LogP contribution >= 0.6 is 0 Å². The SMILES string of the molecule is O=c1[nH]c(C(F)(F)F)nc2c1CN(Cc1ccc(OC(F)F)cc1)CC2. The summed E-state index contributed by atoms with van der Waals surface area (Å²) in [6, 6.07) is 6.04. The number of aromatic amines is 1. The Kier molecular flexibility index (Phi) is 4.94. The van der Waals surface area contributed by atoms with Crippen LogP contribution in [0.3, 0.4) is 0 Å². The minimum Gasteiger partial charge on any atom is -0.435 e. The smallest absolute Gasteiger partial charge is 0.435 e. The molecule has 1 N–H and O–H groups in total. The van der Waals surface area contributed by atoms with Gasteiger partial charge in [0.15, 0.2) is 0 Å². The molecule has 0 radical (unpaired) electrons. The first-order valence-electron chi connectivity index (χ1n) is 7.68. The minimum atomic E-state index is -4.70. The lowest BCUT2D eigenvalue weighted by atomic mass is 10.1. The largest absolute Gasteiger partial charge is 0.449 e. The molecule has 0 bridgehead atoms. The molecule has 0 amide bonds. The van der Waals surface area contributed by atoms with Gasteiger partial charge >= 0.3 is 12.8 Å². The molecule has 0 aliphatic carbocycles. The van der Waals surface area contributed by atoms with Crippen molar-refractivity contribution < 1.29 is 26.7 Å². The summed E-state index contributed by atoms with van der Waals surface area (Å²) >= 11 is 0. The van der Waals surface area contributed by atoms with Gasteiger partial charge in [0.2, 0.25) is 5.82 Å². The third-order valence-electron chi connectivity index (χ3n) is 3.97. The van der Waals surface area contributed by atoms with Gasteiger partial charge in [0.05, 0.1) is 11.3 Å². The van der Waals surface area contributed by atoms with Crippen LogP contribution in [0.2, 0.25) is 0 Å². The fraction of sp³-hybridized carbons (Fsp3) is 0.375. The molecule has 1 aliphatic heterocycles. The van der Waals surface area contributed by atoms with Gasteiger partial charge in [-0.2, -0.15) is 22.0 Å². The summed E-state index contributed by atoms with van der Waals surface area (Å²) in [7, 11) is 0. The molecule has 2 heterocycles. The topological polar surface area (TPSA) is 58.2 Å². The molecule has 0 spiro atoms. The molecule has 1 aromatic carbocycles. The maximum absolute atomic E-state index is 12.7. The van der Waals surface area contributed by atoms with Gasteiger partial charge in [-0.15, -0.1) is 0 Å². The second kappa shape index (κ2) is 7.02. The maximum atomic E-state index is 12.7. The van der Waals surface area contributed by atoms with Gasteiger partial charge in [-0.05, 0) is 17.7 Å². The third kappa shape index (κ3) is 4.18. The molecule has 0 saturated carbocycles. The number of alkyl halides is 5. The molecular formula is C16H14F5N3O2. The van der Waals surface area contributed by atoms with Crippen LogP contribution in [-0.2, 0) is 25.7 Å². The van der Waals surface area contributed by atoms with E-state index in [1.54, 1.807) is 17.1 Å². The molecule has 140 valence electrons. The fourth-order valence-corrected chi connectivity index (χ4v) is 2.78. The first kappa shape index (κ1) is 18.3. The molecule has 0 fully saturated rings. The Morgan fingerprint density at radius 2 is 1.92 bits per heavy atom. The first-order valence-corrected chi connectivity index (χ1v) is 7.68. The van der Waals surface area contributed by atoms with Gasteiger partial charge in [0, 0.05) is 26.1 Å². The number of ether oxygens (including phenoxy) is 1. The maximum Gasteiger partial charge on any atom is 0.449 e. The number of nitrogens with one attached hydrogen (secondary N) is 1. The lowest BCUT2D eigenvalue weighted by molar-refractivity contribution is -0.145. The van der Waals surface area contributed by atoms with Crippen LogP contribution in [0.1, 0.15) is 22.6 Å². The van der Waals surface area contributed by atoms with E-state index in [0.29, 0.717) is 13.1 Å². The highest BCUT2D eigenvalue weighted by atomic mass is 19.4. The fourth-order valence-electron chi connectivity index (χ4n) is 2.78. The van der Waals surface area contributed by atoms with E-state index in [9.17, 15) is 26.7 Å². The molecule has 5 nitrogen and oxygen atoms in total. The van der Waals surface area contributed by atoms with E-state index in [2.05, 4.69) is 9.72 Å². The van der Waals surface area contributed by atoms with Crippen molar-refractivity contribution in [3.05, 3.63) is 57.3 Å². The average molecular weight is 375 g/mol. The number of hydrogen-bond acceptors (Lipinski definition) is 4. The van der Waals surface area contributed by atoms with E-state index in [0.717, 1.165) is 5.56 Å². The zero-order chi connectivity index (χ0) is 18.9. The van der Waals surface area contributed by atoms with Crippen LogP contribution in [0.4, 0.5) is 22.0 Å². The average Bonchev–Trinajstić information content (AvgIpc) is 2.56. The summed E-state index contributed by atoms with van der Waals surface area (Å²) in [4.78, 5) is 19.1. The molecule has 2 aromatic rings. The van der Waals surface area contributed by atoms with Gasteiger partial charge in [-0.3, -0.25) is 9.69 Å². The molecule has 0 unspecified atom stereocenters. The molecule has 0 atom stereocenters. The summed E-state index contributed by atoms with van der Waals surface area (Å²) in [6.07, 6.45) is -4.48. The highest BCUT2D eigenvalue weighted by Crippen LogP contribution is 2.27. The number of halogens is 5. The zero-order valence-corrected chi connectivity index (χ0v) is 13.3. The Bertz CT molecular complexity index is 833. The Labute approximate surface area is 144 Å². The molecule has 1 aliphatic rings. The molecule has 26 heavy (non-hydrogen) atoms. The number of H-pyrrole nitrogens is 1. The van der Waals surface area contributed by atoms with Crippen LogP contribution in [0.25, 0.3) is 0 Å². The van der Waals surface area contributed by atoms with Crippen molar-refractivity contribution in [1.29, 1.82) is 0 Å². The van der Waals surface area contributed by atoms with Crippen molar-refractivity contribution in [2.24, 2.45) is 0 Å². The summed E-state index contributed by atoms with van der Waals surface area (Å²) in [5, 5.41) is 0. The third-order valence-corrected chi connectivity index (χ3v) is 3.97. The predicted molar refractivity (Wildman–Crippen MR) is 80.8 cm³/mol. The monoisotopic (exact) mass is 375 g/mol. The van der Waals surface area contributed by atoms with Crippen LogP contribution in [0, 0.1) is 0 Å². The Hall–Kier alpha value is -2.49. The lowest BCUT2D eigenvalue weighted by Gasteiger charge is -2.27. The van der Waals surface area contributed by atoms with E-state index in [4.69, 9.17) is 0 Å². The number of hydrogen-bond donors (Lipinski definition) is 1. The number of nitrogens with zero attached hydrogens (tertiary/aromatic N) is 2. The molecule has 3 rings (SSSR count). The van der Waals surface area contributed by atoms with Gasteiger partial charge in [0.1, 0.15) is 5.75 Å². The van der Waals surface area contributed by atoms with Crippen LogP contribution < -0.4 is 10.3 Å². The molecule has 0 saturated heterocycles. The van der Waals surface area contributed by atoms with Gasteiger partial charge in [-0.1, -0.05) is 12.1 Å². The van der Waals surface area contributed by atoms with Gasteiger partial charge < -0.3 is 9.72 Å². The van der Waals surface area contributed by atoms with E-state index in [1.165, 1.54) is 12.1 Å². The van der Waals surface area contributed by atoms with Gasteiger partial charge in [-0.25, -0.2) is 4.98 Å². The predicted octanol–water partition coefficient (Wildman–Crippen LogP) is 2.95. The van der Waals surface area contributed by atoms with E-state index < -0.39 is 24.2 Å². The van der Waals surface area contributed by atoms with Crippen molar-refractivity contribution in [3.63, 3.8) is 0 Å². The normalized spacial score (nSPS) is 15.2. The molecule has 1 aromatic heterocycles. The standard InChI is InChI=1S/C16H14F5N3O2/c17-15(18)26-10-3-1-9(2-4-10)7-24-6-5-12-11(8-24)13(25)23-14(22-12)16(19,20)21/h1-4,15H,5-8H2,(H,22,23,25). The second-order valence-electron chi connectivity index (χ2n) is 5.82. The van der Waals surface area contributed by atoms with Crippen LogP contribution in [0.15, 0.2) is 29.1 Å². The van der Waals surface area contributed by atoms with E-state index >= 15 is 0 Å². The van der Waals surface area contributed by atoms with Crippen LogP contribution in [-0.4, -0.2) is 28.0 Å². The number of benzene rings is 1. The Balaban J connectivity index is 1.72. The van der Waals surface area contributed by atoms with E-state index in [1.807, 2.05) is 4.90 Å². The molecular weight excluding hydrogens is 361 g/mol. The Morgan fingerprint density at radius 3 is 2.54 bits per heavy atom. The molecule has 10 heteroatoms. The number of aromatic nitrogens is 2. The zero-order valence-electron chi connectivity index (χ0n) is 13.3. The summed E-state index contributed by atoms with van der Waals surface area (Å²) in [5.41, 5.74) is 0.360. The quantitative estimate of drug-likeness (QED) is 0.835. The van der Waals surface area contributed by atoms with Crippen molar-refractivity contribution >= 4 is 0 Å². The Morgan fingerprint density at radius 1 is 1.23 bits per heavy atom.